The van der Waals surface area contributed by atoms with E-state index in [4.69, 9.17) is 5.11 Å². The minimum atomic E-state index is 0.0943. The van der Waals surface area contributed by atoms with Gasteiger partial charge in [0.25, 0.3) is 0 Å². The molecule has 2 aliphatic rings. The van der Waals surface area contributed by atoms with Crippen molar-refractivity contribution in [3.63, 3.8) is 0 Å². The number of nitrogens with one attached hydrogen (secondary N) is 1. The number of hydrogen-bond acceptors (Lipinski definition) is 2. The molecule has 1 aromatic rings. The lowest BCUT2D eigenvalue weighted by Gasteiger charge is -2.28. The fourth-order valence-electron chi connectivity index (χ4n) is 3.48. The zero-order chi connectivity index (χ0) is 14.7. The molecular weight excluding hydrogens is 262 g/mol. The Bertz CT molecular complexity index is 542. The van der Waals surface area contributed by atoms with Crippen LogP contribution in [0.2, 0.25) is 0 Å². The summed E-state index contributed by atoms with van der Waals surface area (Å²) in [6, 6.07) is 8.49. The average Bonchev–Trinajstić information content (AvgIpc) is 2.94. The van der Waals surface area contributed by atoms with E-state index in [2.05, 4.69) is 17.4 Å². The number of amides is 1. The summed E-state index contributed by atoms with van der Waals surface area (Å²) in [4.78, 5) is 12.4. The van der Waals surface area contributed by atoms with E-state index in [1.165, 1.54) is 11.1 Å². The van der Waals surface area contributed by atoms with Crippen molar-refractivity contribution < 1.29 is 9.90 Å². The van der Waals surface area contributed by atoms with Crippen LogP contribution in [-0.4, -0.2) is 23.7 Å². The van der Waals surface area contributed by atoms with Crippen LogP contribution in [0.3, 0.4) is 0 Å². The Morgan fingerprint density at radius 1 is 1.19 bits per heavy atom. The van der Waals surface area contributed by atoms with Crippen molar-refractivity contribution in [2.24, 2.45) is 5.92 Å². The maximum atomic E-state index is 12.4. The average molecular weight is 285 g/mol. The normalized spacial score (nSPS) is 24.3. The number of benzene rings is 1. The topological polar surface area (TPSA) is 49.3 Å². The highest BCUT2D eigenvalue weighted by Gasteiger charge is 2.24. The van der Waals surface area contributed by atoms with Crippen LogP contribution in [0.5, 0.6) is 0 Å². The van der Waals surface area contributed by atoms with Gasteiger partial charge in [0.05, 0.1) is 0 Å². The number of fused-ring (bicyclic) bond motifs is 1. The molecule has 0 spiro atoms. The maximum Gasteiger partial charge on any atom is 0.247 e. The van der Waals surface area contributed by atoms with E-state index in [1.807, 2.05) is 18.2 Å². The number of carbonyl (C=O) groups excluding carboxylic acids is 1. The van der Waals surface area contributed by atoms with E-state index in [0.717, 1.165) is 44.1 Å². The Labute approximate surface area is 126 Å². The Morgan fingerprint density at radius 3 is 2.67 bits per heavy atom. The van der Waals surface area contributed by atoms with Gasteiger partial charge in [-0.2, -0.15) is 0 Å². The second-order valence-electron chi connectivity index (χ2n) is 6.25. The Hall–Kier alpha value is -1.61. The molecule has 0 bridgehead atoms. The summed E-state index contributed by atoms with van der Waals surface area (Å²) in [7, 11) is 0. The van der Waals surface area contributed by atoms with Crippen molar-refractivity contribution in [1.29, 1.82) is 0 Å². The molecule has 0 aromatic heterocycles. The predicted molar refractivity (Wildman–Crippen MR) is 83.7 cm³/mol. The molecule has 0 radical (unpaired) electrons. The zero-order valence-electron chi connectivity index (χ0n) is 12.3. The summed E-state index contributed by atoms with van der Waals surface area (Å²) < 4.78 is 0. The van der Waals surface area contributed by atoms with E-state index in [9.17, 15) is 4.79 Å². The van der Waals surface area contributed by atoms with Crippen molar-refractivity contribution in [2.45, 2.75) is 44.6 Å². The highest BCUT2D eigenvalue weighted by Crippen LogP contribution is 2.28. The highest BCUT2D eigenvalue weighted by molar-refractivity contribution is 6.00. The quantitative estimate of drug-likeness (QED) is 0.893. The minimum absolute atomic E-state index is 0.0943. The van der Waals surface area contributed by atoms with Crippen LogP contribution in [-0.2, 0) is 11.2 Å². The lowest BCUT2D eigenvalue weighted by Crippen LogP contribution is -2.38. The van der Waals surface area contributed by atoms with Gasteiger partial charge in [0.15, 0.2) is 0 Å². The van der Waals surface area contributed by atoms with E-state index < -0.39 is 0 Å². The second-order valence-corrected chi connectivity index (χ2v) is 6.25. The van der Waals surface area contributed by atoms with Crippen molar-refractivity contribution in [3.05, 3.63) is 41.0 Å². The standard InChI is InChI=1S/C18H23NO2/c20-10-9-13-5-7-17(8-6-13)19-18(21)16-11-14-3-1-2-4-15(14)12-16/h1-4,11,13,17,20H,5-10,12H2,(H,19,21). The molecule has 21 heavy (non-hydrogen) atoms. The third-order valence-electron chi connectivity index (χ3n) is 4.78. The third-order valence-corrected chi connectivity index (χ3v) is 4.78. The fraction of sp³-hybridized carbons (Fsp3) is 0.500. The Kier molecular flexibility index (Phi) is 4.39. The molecule has 1 saturated carbocycles. The lowest BCUT2D eigenvalue weighted by atomic mass is 9.84. The van der Waals surface area contributed by atoms with Crippen LogP contribution in [0.15, 0.2) is 29.8 Å². The van der Waals surface area contributed by atoms with Crippen LogP contribution in [0.4, 0.5) is 0 Å². The van der Waals surface area contributed by atoms with Gasteiger partial charge in [-0.15, -0.1) is 0 Å². The first-order chi connectivity index (χ1) is 10.3. The summed E-state index contributed by atoms with van der Waals surface area (Å²) in [5.41, 5.74) is 3.30. The van der Waals surface area contributed by atoms with E-state index in [1.54, 1.807) is 0 Å². The summed E-state index contributed by atoms with van der Waals surface area (Å²) in [6.45, 7) is 0.285. The number of carbonyl (C=O) groups is 1. The number of hydrogen-bond donors (Lipinski definition) is 2. The van der Waals surface area contributed by atoms with Gasteiger partial charge >= 0.3 is 0 Å². The molecule has 3 rings (SSSR count). The van der Waals surface area contributed by atoms with Gasteiger partial charge in [0.2, 0.25) is 5.91 Å². The summed E-state index contributed by atoms with van der Waals surface area (Å²) in [6.07, 6.45) is 7.98. The largest absolute Gasteiger partial charge is 0.396 e. The molecule has 0 atom stereocenters. The molecule has 1 fully saturated rings. The second kappa shape index (κ2) is 6.44. The molecule has 112 valence electrons. The van der Waals surface area contributed by atoms with Crippen LogP contribution in [0.1, 0.15) is 43.2 Å². The minimum Gasteiger partial charge on any atom is -0.396 e. The smallest absolute Gasteiger partial charge is 0.247 e. The Morgan fingerprint density at radius 2 is 1.95 bits per heavy atom. The highest BCUT2D eigenvalue weighted by atomic mass is 16.3. The van der Waals surface area contributed by atoms with Gasteiger partial charge in [-0.1, -0.05) is 24.3 Å². The summed E-state index contributed by atoms with van der Waals surface area (Å²) in [5.74, 6) is 0.731. The molecule has 3 nitrogen and oxygen atoms in total. The van der Waals surface area contributed by atoms with Gasteiger partial charge in [-0.05, 0) is 55.2 Å². The van der Waals surface area contributed by atoms with Gasteiger partial charge in [0, 0.05) is 24.6 Å². The SMILES string of the molecule is O=C(NC1CCC(CCO)CC1)C1=Cc2ccccc2C1. The molecule has 2 aliphatic carbocycles. The molecule has 1 aromatic carbocycles. The van der Waals surface area contributed by atoms with Crippen LogP contribution >= 0.6 is 0 Å². The first kappa shape index (κ1) is 14.3. The van der Waals surface area contributed by atoms with E-state index >= 15 is 0 Å². The van der Waals surface area contributed by atoms with E-state index in [-0.39, 0.29) is 12.5 Å². The zero-order valence-corrected chi connectivity index (χ0v) is 12.3. The molecule has 0 unspecified atom stereocenters. The molecule has 0 heterocycles. The first-order valence-electron chi connectivity index (χ1n) is 7.96. The predicted octanol–water partition coefficient (Wildman–Crippen LogP) is 2.68. The van der Waals surface area contributed by atoms with Gasteiger partial charge in [-0.3, -0.25) is 4.79 Å². The van der Waals surface area contributed by atoms with Crippen LogP contribution in [0.25, 0.3) is 6.08 Å². The summed E-state index contributed by atoms with van der Waals surface area (Å²) in [5, 5.41) is 12.2. The maximum absolute atomic E-state index is 12.4. The molecule has 1 amide bonds. The fourth-order valence-corrected chi connectivity index (χ4v) is 3.48. The van der Waals surface area contributed by atoms with Crippen molar-refractivity contribution >= 4 is 12.0 Å². The van der Waals surface area contributed by atoms with Gasteiger partial charge in [-0.25, -0.2) is 0 Å². The molecular formula is C18H23NO2. The van der Waals surface area contributed by atoms with Crippen molar-refractivity contribution in [1.82, 2.24) is 5.32 Å². The third kappa shape index (κ3) is 3.35. The lowest BCUT2D eigenvalue weighted by molar-refractivity contribution is -0.118. The van der Waals surface area contributed by atoms with Crippen molar-refractivity contribution in [3.8, 4) is 0 Å². The molecule has 0 aliphatic heterocycles. The van der Waals surface area contributed by atoms with Gasteiger partial charge < -0.3 is 10.4 Å². The number of rotatable bonds is 4. The first-order valence-corrected chi connectivity index (χ1v) is 7.96. The van der Waals surface area contributed by atoms with E-state index in [0.29, 0.717) is 12.0 Å². The van der Waals surface area contributed by atoms with Gasteiger partial charge in [0.1, 0.15) is 0 Å². The molecule has 3 heteroatoms. The number of aliphatic hydroxyl groups is 1. The van der Waals surface area contributed by atoms with Crippen LogP contribution in [0, 0.1) is 5.92 Å². The summed E-state index contributed by atoms with van der Waals surface area (Å²) >= 11 is 0. The molecule has 0 saturated heterocycles. The van der Waals surface area contributed by atoms with Crippen molar-refractivity contribution in [2.75, 3.05) is 6.61 Å². The Balaban J connectivity index is 1.52. The molecule has 2 N–H and O–H groups in total. The number of aliphatic hydroxyl groups excluding tert-OH is 1. The van der Waals surface area contributed by atoms with Crippen LogP contribution < -0.4 is 5.32 Å². The monoisotopic (exact) mass is 285 g/mol.